The van der Waals surface area contributed by atoms with Crippen LogP contribution in [-0.2, 0) is 9.59 Å². The van der Waals surface area contributed by atoms with Crippen LogP contribution in [0.3, 0.4) is 0 Å². The summed E-state index contributed by atoms with van der Waals surface area (Å²) in [6.07, 6.45) is 1.68. The number of carbonyl (C=O) groups excluding carboxylic acids is 3. The van der Waals surface area contributed by atoms with Crippen LogP contribution >= 0.6 is 0 Å². The van der Waals surface area contributed by atoms with Gasteiger partial charge < -0.3 is 15.5 Å². The lowest BCUT2D eigenvalue weighted by molar-refractivity contribution is -0.132. The Kier molecular flexibility index (Phi) is 7.17. The molecule has 0 aliphatic carbocycles. The monoisotopic (exact) mass is 411 g/mol. The molecule has 1 atom stereocenters. The summed E-state index contributed by atoms with van der Waals surface area (Å²) in [4.78, 5) is 39.5. The molecule has 0 radical (unpaired) electrons. The van der Waals surface area contributed by atoms with Crippen LogP contribution in [0.1, 0.15) is 36.5 Å². The first-order chi connectivity index (χ1) is 14.5. The van der Waals surface area contributed by atoms with Gasteiger partial charge in [-0.3, -0.25) is 14.4 Å². The normalized spacial score (nSPS) is 15.3. The van der Waals surface area contributed by atoms with Crippen molar-refractivity contribution in [1.29, 1.82) is 0 Å². The molecule has 1 fully saturated rings. The van der Waals surface area contributed by atoms with E-state index in [1.807, 2.05) is 25.1 Å². The first-order valence-corrected chi connectivity index (χ1v) is 10.2. The van der Waals surface area contributed by atoms with Gasteiger partial charge in [0.25, 0.3) is 5.91 Å². The molecule has 0 spiro atoms. The smallest absolute Gasteiger partial charge is 0.251 e. The zero-order valence-corrected chi connectivity index (χ0v) is 16.9. The molecule has 2 N–H and O–H groups in total. The number of hydrogen-bond acceptors (Lipinski definition) is 3. The lowest BCUT2D eigenvalue weighted by atomic mass is 9.88. The van der Waals surface area contributed by atoms with Gasteiger partial charge in [0.15, 0.2) is 0 Å². The third-order valence-electron chi connectivity index (χ3n) is 5.38. The van der Waals surface area contributed by atoms with Gasteiger partial charge in [-0.05, 0) is 55.2 Å². The van der Waals surface area contributed by atoms with E-state index in [0.29, 0.717) is 38.0 Å². The van der Waals surface area contributed by atoms with E-state index >= 15 is 0 Å². The number of hydrogen-bond donors (Lipinski definition) is 2. The summed E-state index contributed by atoms with van der Waals surface area (Å²) in [6, 6.07) is 13.5. The highest BCUT2D eigenvalue weighted by Crippen LogP contribution is 2.23. The second-order valence-electron chi connectivity index (χ2n) is 7.39. The van der Waals surface area contributed by atoms with Gasteiger partial charge >= 0.3 is 0 Å². The minimum absolute atomic E-state index is 0.0917. The highest BCUT2D eigenvalue weighted by molar-refractivity contribution is 6.01. The lowest BCUT2D eigenvalue weighted by Gasteiger charge is -2.35. The molecule has 158 valence electrons. The molecule has 6 nitrogen and oxygen atoms in total. The van der Waals surface area contributed by atoms with Crippen LogP contribution < -0.4 is 10.6 Å². The summed E-state index contributed by atoms with van der Waals surface area (Å²) in [7, 11) is 0. The minimum atomic E-state index is -0.762. The number of nitrogens with one attached hydrogen (secondary N) is 2. The van der Waals surface area contributed by atoms with E-state index in [2.05, 4.69) is 10.6 Å². The van der Waals surface area contributed by atoms with Crippen molar-refractivity contribution in [1.82, 2.24) is 10.2 Å². The van der Waals surface area contributed by atoms with Crippen LogP contribution in [0.5, 0.6) is 0 Å². The standard InChI is InChI=1S/C23H26FN3O3/c1-2-20(28)27-14-12-16(13-15-27)21(23(30)25-19-6-4-3-5-7-19)26-22(29)17-8-10-18(24)11-9-17/h3-11,16,21H,2,12-15H2,1H3,(H,25,30)(H,26,29)/t21-/m1/s1. The average Bonchev–Trinajstić information content (AvgIpc) is 2.78. The minimum Gasteiger partial charge on any atom is -0.343 e. The first-order valence-electron chi connectivity index (χ1n) is 10.2. The van der Waals surface area contributed by atoms with E-state index in [4.69, 9.17) is 0 Å². The van der Waals surface area contributed by atoms with Gasteiger partial charge in [0.2, 0.25) is 11.8 Å². The number of carbonyl (C=O) groups is 3. The predicted molar refractivity (Wildman–Crippen MR) is 112 cm³/mol. The van der Waals surface area contributed by atoms with E-state index in [0.717, 1.165) is 0 Å². The number of piperidine rings is 1. The number of para-hydroxylation sites is 1. The fourth-order valence-corrected chi connectivity index (χ4v) is 3.67. The van der Waals surface area contributed by atoms with Crippen LogP contribution in [0.4, 0.5) is 10.1 Å². The van der Waals surface area contributed by atoms with Crippen molar-refractivity contribution in [2.75, 3.05) is 18.4 Å². The first kappa shape index (κ1) is 21.5. The van der Waals surface area contributed by atoms with Crippen LogP contribution in [0.2, 0.25) is 0 Å². The summed E-state index contributed by atoms with van der Waals surface area (Å²) in [5.74, 6) is -1.20. The van der Waals surface area contributed by atoms with E-state index in [-0.39, 0.29) is 23.3 Å². The van der Waals surface area contributed by atoms with Gasteiger partial charge in [0.1, 0.15) is 11.9 Å². The van der Waals surface area contributed by atoms with Gasteiger partial charge in [-0.15, -0.1) is 0 Å². The Balaban J connectivity index is 1.74. The summed E-state index contributed by atoms with van der Waals surface area (Å²) >= 11 is 0. The third-order valence-corrected chi connectivity index (χ3v) is 5.38. The molecule has 0 saturated carbocycles. The van der Waals surface area contributed by atoms with Crippen molar-refractivity contribution >= 4 is 23.4 Å². The molecule has 1 saturated heterocycles. The molecule has 3 amide bonds. The number of halogens is 1. The summed E-state index contributed by atoms with van der Waals surface area (Å²) in [6.45, 7) is 2.94. The molecule has 1 aliphatic rings. The van der Waals surface area contributed by atoms with E-state index < -0.39 is 17.8 Å². The molecule has 2 aromatic rings. The van der Waals surface area contributed by atoms with Crippen LogP contribution in [-0.4, -0.2) is 41.8 Å². The maximum atomic E-state index is 13.2. The Morgan fingerprint density at radius 3 is 2.27 bits per heavy atom. The van der Waals surface area contributed by atoms with Crippen molar-refractivity contribution < 1.29 is 18.8 Å². The molecule has 0 unspecified atom stereocenters. The molecule has 0 aromatic heterocycles. The van der Waals surface area contributed by atoms with Crippen LogP contribution in [0.15, 0.2) is 54.6 Å². The van der Waals surface area contributed by atoms with Gasteiger partial charge in [-0.1, -0.05) is 25.1 Å². The molecule has 2 aromatic carbocycles. The number of rotatable bonds is 6. The topological polar surface area (TPSA) is 78.5 Å². The molecule has 1 aliphatic heterocycles. The van der Waals surface area contributed by atoms with Gasteiger partial charge in [0, 0.05) is 30.8 Å². The number of likely N-dealkylation sites (tertiary alicyclic amines) is 1. The maximum absolute atomic E-state index is 13.2. The van der Waals surface area contributed by atoms with E-state index in [1.54, 1.807) is 17.0 Å². The Morgan fingerprint density at radius 2 is 1.67 bits per heavy atom. The quantitative estimate of drug-likeness (QED) is 0.766. The Hall–Kier alpha value is -3.22. The van der Waals surface area contributed by atoms with Gasteiger partial charge in [-0.2, -0.15) is 0 Å². The van der Waals surface area contributed by atoms with Crippen molar-refractivity contribution in [2.45, 2.75) is 32.2 Å². The lowest BCUT2D eigenvalue weighted by Crippen LogP contribution is -2.52. The number of anilines is 1. The van der Waals surface area contributed by atoms with Crippen molar-refractivity contribution in [3.63, 3.8) is 0 Å². The summed E-state index contributed by atoms with van der Waals surface area (Å²) in [5, 5.41) is 5.68. The van der Waals surface area contributed by atoms with Gasteiger partial charge in [-0.25, -0.2) is 4.39 Å². The number of amides is 3. The molecule has 7 heteroatoms. The molecule has 3 rings (SSSR count). The van der Waals surface area contributed by atoms with Gasteiger partial charge in [0.05, 0.1) is 0 Å². The highest BCUT2D eigenvalue weighted by atomic mass is 19.1. The Labute approximate surface area is 175 Å². The number of nitrogens with zero attached hydrogens (tertiary/aromatic N) is 1. The van der Waals surface area contributed by atoms with Crippen molar-refractivity contribution in [3.8, 4) is 0 Å². The van der Waals surface area contributed by atoms with E-state index in [9.17, 15) is 18.8 Å². The Morgan fingerprint density at radius 1 is 1.03 bits per heavy atom. The van der Waals surface area contributed by atoms with Crippen molar-refractivity contribution in [2.24, 2.45) is 5.92 Å². The third kappa shape index (κ3) is 5.43. The highest BCUT2D eigenvalue weighted by Gasteiger charge is 2.33. The summed E-state index contributed by atoms with van der Waals surface area (Å²) < 4.78 is 13.2. The molecule has 30 heavy (non-hydrogen) atoms. The molecular weight excluding hydrogens is 385 g/mol. The fraction of sp³-hybridized carbons (Fsp3) is 0.348. The second kappa shape index (κ2) is 10.0. The predicted octanol–water partition coefficient (Wildman–Crippen LogP) is 3.21. The SMILES string of the molecule is CCC(=O)N1CCC([C@@H](NC(=O)c2ccc(F)cc2)C(=O)Nc2ccccc2)CC1. The summed E-state index contributed by atoms with van der Waals surface area (Å²) in [5.41, 5.74) is 0.926. The maximum Gasteiger partial charge on any atom is 0.251 e. The molecule has 0 bridgehead atoms. The van der Waals surface area contributed by atoms with E-state index in [1.165, 1.54) is 24.3 Å². The largest absolute Gasteiger partial charge is 0.343 e. The van der Waals surface area contributed by atoms with Crippen molar-refractivity contribution in [3.05, 3.63) is 66.0 Å². The molecule has 1 heterocycles. The Bertz CT molecular complexity index is 878. The zero-order valence-electron chi connectivity index (χ0n) is 16.9. The zero-order chi connectivity index (χ0) is 21.5. The fourth-order valence-electron chi connectivity index (χ4n) is 3.67. The second-order valence-corrected chi connectivity index (χ2v) is 7.39. The van der Waals surface area contributed by atoms with Crippen LogP contribution in [0.25, 0.3) is 0 Å². The molecular formula is C23H26FN3O3. The average molecular weight is 411 g/mol. The number of benzene rings is 2. The van der Waals surface area contributed by atoms with Crippen LogP contribution in [0, 0.1) is 11.7 Å².